The molecule has 0 atom stereocenters. The number of aryl methyl sites for hydroxylation is 1. The lowest BCUT2D eigenvalue weighted by Gasteiger charge is -2.19. The average molecular weight is 240 g/mol. The van der Waals surface area contributed by atoms with Crippen LogP contribution in [-0.2, 0) is 16.3 Å². The Hall–Kier alpha value is -0.830. The van der Waals surface area contributed by atoms with Gasteiger partial charge in [-0.25, -0.2) is 8.42 Å². The average Bonchev–Trinajstić information content (AvgIpc) is 2.17. The Morgan fingerprint density at radius 3 is 1.94 bits per heavy atom. The van der Waals surface area contributed by atoms with Crippen LogP contribution in [0.1, 0.15) is 39.7 Å². The summed E-state index contributed by atoms with van der Waals surface area (Å²) in [6.07, 6.45) is 2.07. The molecule has 0 amide bonds. The van der Waals surface area contributed by atoms with E-state index >= 15 is 0 Å². The van der Waals surface area contributed by atoms with E-state index in [4.69, 9.17) is 0 Å². The van der Waals surface area contributed by atoms with E-state index in [-0.39, 0.29) is 0 Å². The first-order valence-electron chi connectivity index (χ1n) is 5.62. The van der Waals surface area contributed by atoms with Crippen LogP contribution in [0.2, 0.25) is 0 Å². The zero-order chi connectivity index (χ0) is 12.4. The van der Waals surface area contributed by atoms with Gasteiger partial charge in [-0.2, -0.15) is 0 Å². The van der Waals surface area contributed by atoms with E-state index in [0.29, 0.717) is 4.90 Å². The lowest BCUT2D eigenvalue weighted by atomic mass is 10.1. The summed E-state index contributed by atoms with van der Waals surface area (Å²) in [4.78, 5) is 0.417. The van der Waals surface area contributed by atoms with Crippen LogP contribution in [0.25, 0.3) is 0 Å². The first-order valence-corrected chi connectivity index (χ1v) is 7.11. The topological polar surface area (TPSA) is 34.1 Å². The molecule has 0 bridgehead atoms. The molecule has 2 nitrogen and oxygen atoms in total. The number of sulfone groups is 1. The Labute approximate surface area is 98.6 Å². The zero-order valence-corrected chi connectivity index (χ0v) is 11.3. The van der Waals surface area contributed by atoms with Crippen molar-refractivity contribution < 1.29 is 8.42 Å². The zero-order valence-electron chi connectivity index (χ0n) is 10.4. The molecule has 1 rings (SSSR count). The van der Waals surface area contributed by atoms with Crippen LogP contribution >= 0.6 is 0 Å². The van der Waals surface area contributed by atoms with Crippen molar-refractivity contribution in [3.05, 3.63) is 29.8 Å². The Morgan fingerprint density at radius 1 is 1.06 bits per heavy atom. The molecule has 0 unspecified atom stereocenters. The van der Waals surface area contributed by atoms with Crippen LogP contribution in [0.3, 0.4) is 0 Å². The fourth-order valence-corrected chi connectivity index (χ4v) is 2.68. The standard InChI is InChI=1S/C13H20O2S/c1-5-6-11-7-9-12(10-8-11)16(14,15)13(2,3)4/h7-10H,5-6H2,1-4H3. The van der Waals surface area contributed by atoms with E-state index in [9.17, 15) is 8.42 Å². The molecular formula is C13H20O2S. The normalized spacial score (nSPS) is 12.8. The third kappa shape index (κ3) is 2.64. The van der Waals surface area contributed by atoms with Gasteiger partial charge in [0.15, 0.2) is 9.84 Å². The molecule has 0 aliphatic rings. The van der Waals surface area contributed by atoms with Crippen LogP contribution in [-0.4, -0.2) is 13.2 Å². The molecule has 0 saturated heterocycles. The van der Waals surface area contributed by atoms with E-state index in [1.807, 2.05) is 12.1 Å². The van der Waals surface area contributed by atoms with Gasteiger partial charge < -0.3 is 0 Å². The monoisotopic (exact) mass is 240 g/mol. The van der Waals surface area contributed by atoms with Crippen molar-refractivity contribution in [1.29, 1.82) is 0 Å². The summed E-state index contributed by atoms with van der Waals surface area (Å²) in [6.45, 7) is 7.28. The SMILES string of the molecule is CCCc1ccc(S(=O)(=O)C(C)(C)C)cc1. The Balaban J connectivity index is 3.08. The minimum atomic E-state index is -3.21. The molecule has 0 aliphatic heterocycles. The number of hydrogen-bond acceptors (Lipinski definition) is 2. The Morgan fingerprint density at radius 2 is 1.56 bits per heavy atom. The van der Waals surface area contributed by atoms with Gasteiger partial charge in [-0.1, -0.05) is 25.5 Å². The predicted molar refractivity (Wildman–Crippen MR) is 67.4 cm³/mol. The lowest BCUT2D eigenvalue weighted by molar-refractivity contribution is 0.560. The summed E-state index contributed by atoms with van der Waals surface area (Å²) in [7, 11) is -3.21. The largest absolute Gasteiger partial charge is 0.223 e. The first kappa shape index (κ1) is 13.2. The van der Waals surface area contributed by atoms with Crippen molar-refractivity contribution in [2.24, 2.45) is 0 Å². The van der Waals surface area contributed by atoms with Crippen molar-refractivity contribution in [2.75, 3.05) is 0 Å². The van der Waals surface area contributed by atoms with Gasteiger partial charge in [0.05, 0.1) is 9.64 Å². The fourth-order valence-electron chi connectivity index (χ4n) is 1.48. The Bertz CT molecular complexity index is 436. The van der Waals surface area contributed by atoms with Gasteiger partial charge in [-0.3, -0.25) is 0 Å². The van der Waals surface area contributed by atoms with E-state index in [1.54, 1.807) is 32.9 Å². The number of rotatable bonds is 3. The first-order chi connectivity index (χ1) is 7.29. The molecule has 0 saturated carbocycles. The molecular weight excluding hydrogens is 220 g/mol. The molecule has 0 radical (unpaired) electrons. The fraction of sp³-hybridized carbons (Fsp3) is 0.538. The van der Waals surface area contributed by atoms with E-state index in [0.717, 1.165) is 12.8 Å². The number of benzene rings is 1. The highest BCUT2D eigenvalue weighted by Crippen LogP contribution is 2.24. The van der Waals surface area contributed by atoms with Crippen LogP contribution in [0.5, 0.6) is 0 Å². The Kier molecular flexibility index (Phi) is 3.79. The highest BCUT2D eigenvalue weighted by Gasteiger charge is 2.30. The van der Waals surface area contributed by atoms with Gasteiger partial charge in [0.25, 0.3) is 0 Å². The molecule has 0 N–H and O–H groups in total. The second-order valence-electron chi connectivity index (χ2n) is 5.01. The summed E-state index contributed by atoms with van der Waals surface area (Å²) in [5.41, 5.74) is 1.19. The maximum atomic E-state index is 12.1. The minimum absolute atomic E-state index is 0.417. The molecule has 16 heavy (non-hydrogen) atoms. The highest BCUT2D eigenvalue weighted by atomic mass is 32.2. The molecule has 1 aromatic rings. The maximum Gasteiger partial charge on any atom is 0.183 e. The van der Waals surface area contributed by atoms with Gasteiger partial charge in [0, 0.05) is 0 Å². The summed E-state index contributed by atoms with van der Waals surface area (Å²) < 4.78 is 23.5. The summed E-state index contributed by atoms with van der Waals surface area (Å²) >= 11 is 0. The molecule has 90 valence electrons. The molecule has 0 aliphatic carbocycles. The molecule has 0 aromatic heterocycles. The summed E-state index contributed by atoms with van der Waals surface area (Å²) in [5, 5.41) is 0. The summed E-state index contributed by atoms with van der Waals surface area (Å²) in [5.74, 6) is 0. The molecule has 0 fully saturated rings. The molecule has 3 heteroatoms. The predicted octanol–water partition coefficient (Wildman–Crippen LogP) is 3.21. The van der Waals surface area contributed by atoms with Crippen molar-refractivity contribution >= 4 is 9.84 Å². The van der Waals surface area contributed by atoms with Crippen LogP contribution in [0.4, 0.5) is 0 Å². The molecule has 0 spiro atoms. The van der Waals surface area contributed by atoms with Gasteiger partial charge >= 0.3 is 0 Å². The van der Waals surface area contributed by atoms with Gasteiger partial charge in [-0.05, 0) is 44.9 Å². The van der Waals surface area contributed by atoms with Crippen molar-refractivity contribution in [3.63, 3.8) is 0 Å². The minimum Gasteiger partial charge on any atom is -0.223 e. The van der Waals surface area contributed by atoms with Crippen molar-refractivity contribution in [2.45, 2.75) is 50.2 Å². The van der Waals surface area contributed by atoms with E-state index in [2.05, 4.69) is 6.92 Å². The third-order valence-electron chi connectivity index (χ3n) is 2.58. The van der Waals surface area contributed by atoms with Crippen LogP contribution in [0.15, 0.2) is 29.2 Å². The second kappa shape index (κ2) is 4.58. The third-order valence-corrected chi connectivity index (χ3v) is 5.08. The maximum absolute atomic E-state index is 12.1. The lowest BCUT2D eigenvalue weighted by Crippen LogP contribution is -2.27. The number of hydrogen-bond donors (Lipinski definition) is 0. The van der Waals surface area contributed by atoms with Crippen LogP contribution in [0, 0.1) is 0 Å². The quantitative estimate of drug-likeness (QED) is 0.813. The van der Waals surface area contributed by atoms with Crippen molar-refractivity contribution in [1.82, 2.24) is 0 Å². The van der Waals surface area contributed by atoms with E-state index in [1.165, 1.54) is 5.56 Å². The highest BCUT2D eigenvalue weighted by molar-refractivity contribution is 7.92. The van der Waals surface area contributed by atoms with E-state index < -0.39 is 14.6 Å². The van der Waals surface area contributed by atoms with Crippen molar-refractivity contribution in [3.8, 4) is 0 Å². The van der Waals surface area contributed by atoms with Crippen LogP contribution < -0.4 is 0 Å². The van der Waals surface area contributed by atoms with Gasteiger partial charge in [0.2, 0.25) is 0 Å². The second-order valence-corrected chi connectivity index (χ2v) is 7.71. The molecule has 0 heterocycles. The molecule has 1 aromatic carbocycles. The van der Waals surface area contributed by atoms with Gasteiger partial charge in [-0.15, -0.1) is 0 Å². The summed E-state index contributed by atoms with van der Waals surface area (Å²) in [6, 6.07) is 7.24. The smallest absolute Gasteiger partial charge is 0.183 e. The van der Waals surface area contributed by atoms with Gasteiger partial charge in [0.1, 0.15) is 0 Å².